The first-order valence-corrected chi connectivity index (χ1v) is 14.2. The van der Waals surface area contributed by atoms with Gasteiger partial charge in [0.2, 0.25) is 5.91 Å². The number of carbonyl (C=O) groups is 2. The number of halogens is 1. The van der Waals surface area contributed by atoms with E-state index in [-0.39, 0.29) is 31.3 Å². The molecule has 0 aliphatic carbocycles. The van der Waals surface area contributed by atoms with Gasteiger partial charge >= 0.3 is 5.97 Å². The summed E-state index contributed by atoms with van der Waals surface area (Å²) in [6.45, 7) is 4.47. The maximum absolute atomic E-state index is 13.2. The molecule has 0 aromatic heterocycles. The summed E-state index contributed by atoms with van der Waals surface area (Å²) < 4.78 is 24.8. The molecule has 7 nitrogen and oxygen atoms in total. The number of allylic oxidation sites excluding steroid dienone is 1. The van der Waals surface area contributed by atoms with Crippen LogP contribution in [0.3, 0.4) is 0 Å². The molecule has 2 heterocycles. The molecule has 1 amide bonds. The van der Waals surface area contributed by atoms with Crippen molar-refractivity contribution < 1.29 is 23.5 Å². The molecular weight excluding hydrogens is 541 g/mol. The zero-order chi connectivity index (χ0) is 28.8. The van der Waals surface area contributed by atoms with Gasteiger partial charge < -0.3 is 19.7 Å². The summed E-state index contributed by atoms with van der Waals surface area (Å²) in [6.07, 6.45) is 0.0725. The first-order valence-electron chi connectivity index (χ1n) is 13.3. The van der Waals surface area contributed by atoms with E-state index in [1.807, 2.05) is 64.9 Å². The normalized spacial score (nSPS) is 16.1. The van der Waals surface area contributed by atoms with E-state index in [0.29, 0.717) is 34.5 Å². The topological polar surface area (TPSA) is 80.2 Å². The van der Waals surface area contributed by atoms with Crippen molar-refractivity contribution in [3.8, 4) is 5.75 Å². The van der Waals surface area contributed by atoms with Crippen molar-refractivity contribution >= 4 is 28.8 Å². The molecule has 9 heteroatoms. The van der Waals surface area contributed by atoms with Crippen molar-refractivity contribution in [2.75, 3.05) is 6.61 Å². The first kappa shape index (κ1) is 28.2. The molecule has 2 aliphatic rings. The monoisotopic (exact) mass is 571 g/mol. The summed E-state index contributed by atoms with van der Waals surface area (Å²) in [5.74, 6) is -0.326. The molecule has 1 unspecified atom stereocenters. The first-order chi connectivity index (χ1) is 19.9. The van der Waals surface area contributed by atoms with Crippen LogP contribution in [-0.4, -0.2) is 28.6 Å². The van der Waals surface area contributed by atoms with E-state index in [2.05, 4.69) is 5.32 Å². The zero-order valence-corrected chi connectivity index (χ0v) is 23.6. The molecule has 0 fully saturated rings. The van der Waals surface area contributed by atoms with Gasteiger partial charge in [0.15, 0.2) is 5.17 Å². The number of fused-ring (bicyclic) bond motifs is 1. The number of thioether (sulfide) groups is 1. The predicted octanol–water partition coefficient (Wildman–Crippen LogP) is 6.25. The van der Waals surface area contributed by atoms with Gasteiger partial charge in [-0.2, -0.15) is 0 Å². The molecule has 3 aromatic rings. The van der Waals surface area contributed by atoms with E-state index in [0.717, 1.165) is 16.7 Å². The van der Waals surface area contributed by atoms with Crippen molar-refractivity contribution in [1.29, 1.82) is 0 Å². The highest BCUT2D eigenvalue weighted by Crippen LogP contribution is 2.45. The smallest absolute Gasteiger partial charge is 0.338 e. The van der Waals surface area contributed by atoms with Crippen LogP contribution in [-0.2, 0) is 27.5 Å². The lowest BCUT2D eigenvalue weighted by molar-refractivity contribution is -0.139. The van der Waals surface area contributed by atoms with Crippen LogP contribution in [0.15, 0.2) is 106 Å². The Morgan fingerprint density at radius 2 is 1.80 bits per heavy atom. The van der Waals surface area contributed by atoms with Crippen molar-refractivity contribution in [2.24, 2.45) is 4.99 Å². The molecule has 1 N–H and O–H groups in total. The molecule has 210 valence electrons. The van der Waals surface area contributed by atoms with Crippen LogP contribution in [0.25, 0.3) is 0 Å². The van der Waals surface area contributed by atoms with Crippen molar-refractivity contribution in [2.45, 2.75) is 39.5 Å². The second-order valence-corrected chi connectivity index (χ2v) is 10.4. The summed E-state index contributed by atoms with van der Waals surface area (Å²) in [4.78, 5) is 32.9. The number of nitrogens with one attached hydrogen (secondary N) is 1. The number of amides is 1. The minimum atomic E-state index is -0.562. The Kier molecular flexibility index (Phi) is 8.84. The second-order valence-electron chi connectivity index (χ2n) is 9.54. The van der Waals surface area contributed by atoms with Crippen molar-refractivity contribution in [3.05, 3.63) is 124 Å². The molecule has 0 spiro atoms. The maximum Gasteiger partial charge on any atom is 0.338 e. The third-order valence-electron chi connectivity index (χ3n) is 6.66. The van der Waals surface area contributed by atoms with Gasteiger partial charge in [-0.05, 0) is 60.2 Å². The highest BCUT2D eigenvalue weighted by atomic mass is 32.2. The minimum Gasteiger partial charge on any atom is -0.489 e. The number of nitrogens with zero attached hydrogens (tertiary/aromatic N) is 2. The van der Waals surface area contributed by atoms with Crippen molar-refractivity contribution in [3.63, 3.8) is 0 Å². The Morgan fingerprint density at radius 1 is 1.02 bits per heavy atom. The fourth-order valence-electron chi connectivity index (χ4n) is 4.70. The number of rotatable bonds is 10. The summed E-state index contributed by atoms with van der Waals surface area (Å²) in [5, 5.41) is 5.47. The predicted molar refractivity (Wildman–Crippen MR) is 157 cm³/mol. The number of carbonyl (C=O) groups excluding carboxylic acids is 2. The van der Waals surface area contributed by atoms with E-state index in [1.165, 1.54) is 23.9 Å². The van der Waals surface area contributed by atoms with E-state index in [1.54, 1.807) is 26.0 Å². The SMILES string of the molecule is CCOC(=O)C1=C(C)N=C2SC=C(CC(=O)NCc3ccc(F)cc3)N2C1c1cccc(OCc2ccccc2)c1. The van der Waals surface area contributed by atoms with Crippen LogP contribution in [0.1, 0.15) is 43.0 Å². The van der Waals surface area contributed by atoms with Gasteiger partial charge in [0, 0.05) is 12.2 Å². The largest absolute Gasteiger partial charge is 0.489 e. The van der Waals surface area contributed by atoms with E-state index < -0.39 is 12.0 Å². The van der Waals surface area contributed by atoms with E-state index >= 15 is 0 Å². The maximum atomic E-state index is 13.2. The summed E-state index contributed by atoms with van der Waals surface area (Å²) in [6, 6.07) is 22.9. The number of aliphatic imine (C=N–C) groups is 1. The lowest BCUT2D eigenvalue weighted by Crippen LogP contribution is -2.38. The number of ether oxygens (including phenoxy) is 2. The molecule has 0 bridgehead atoms. The molecule has 41 heavy (non-hydrogen) atoms. The van der Waals surface area contributed by atoms with Gasteiger partial charge in [0.25, 0.3) is 0 Å². The molecule has 1 atom stereocenters. The van der Waals surface area contributed by atoms with E-state index in [9.17, 15) is 14.0 Å². The Labute approximate surface area is 242 Å². The Morgan fingerprint density at radius 3 is 2.56 bits per heavy atom. The van der Waals surface area contributed by atoms with Crippen LogP contribution in [0.2, 0.25) is 0 Å². The van der Waals surface area contributed by atoms with Gasteiger partial charge in [-0.1, -0.05) is 66.4 Å². The Balaban J connectivity index is 1.40. The van der Waals surface area contributed by atoms with E-state index in [4.69, 9.17) is 14.5 Å². The summed E-state index contributed by atoms with van der Waals surface area (Å²) in [7, 11) is 0. The van der Waals surface area contributed by atoms with Crippen LogP contribution >= 0.6 is 11.8 Å². The third kappa shape index (κ3) is 6.69. The molecule has 0 radical (unpaired) electrons. The Hall–Kier alpha value is -4.37. The average molecular weight is 572 g/mol. The number of benzene rings is 3. The molecule has 5 rings (SSSR count). The quantitative estimate of drug-likeness (QED) is 0.290. The fraction of sp³-hybridized carbons (Fsp3) is 0.219. The second kappa shape index (κ2) is 12.9. The van der Waals surface area contributed by atoms with Gasteiger partial charge in [0.1, 0.15) is 18.2 Å². The summed E-state index contributed by atoms with van der Waals surface area (Å²) >= 11 is 1.41. The van der Waals surface area contributed by atoms with Crippen molar-refractivity contribution in [1.82, 2.24) is 10.2 Å². The highest BCUT2D eigenvalue weighted by Gasteiger charge is 2.41. The molecular formula is C32H30FN3O4S. The molecule has 0 saturated carbocycles. The van der Waals surface area contributed by atoms with Gasteiger partial charge in [-0.15, -0.1) is 0 Å². The Bertz CT molecular complexity index is 1520. The van der Waals surface area contributed by atoms with Crippen LogP contribution in [0.5, 0.6) is 5.75 Å². The van der Waals surface area contributed by atoms with Crippen LogP contribution in [0, 0.1) is 5.82 Å². The van der Waals surface area contributed by atoms with Gasteiger partial charge in [-0.25, -0.2) is 14.2 Å². The number of hydrogen-bond donors (Lipinski definition) is 1. The number of esters is 1. The lowest BCUT2D eigenvalue weighted by Gasteiger charge is -2.36. The number of amidine groups is 1. The standard InChI is InChI=1S/C32H30FN3O4S/c1-3-39-31(38)29-21(2)35-32-36(26(20-41-32)17-28(37)34-18-22-12-14-25(33)15-13-22)30(29)24-10-7-11-27(16-24)40-19-23-8-5-4-6-9-23/h4-16,20,30H,3,17-19H2,1-2H3,(H,34,37). The average Bonchev–Trinajstić information content (AvgIpc) is 3.37. The van der Waals surface area contributed by atoms with Gasteiger partial charge in [-0.3, -0.25) is 4.79 Å². The van der Waals surface area contributed by atoms with Crippen LogP contribution in [0.4, 0.5) is 4.39 Å². The molecule has 2 aliphatic heterocycles. The lowest BCUT2D eigenvalue weighted by atomic mass is 9.93. The number of hydrogen-bond acceptors (Lipinski definition) is 7. The fourth-order valence-corrected chi connectivity index (χ4v) is 5.66. The minimum absolute atomic E-state index is 0.0725. The highest BCUT2D eigenvalue weighted by molar-refractivity contribution is 8.16. The van der Waals surface area contributed by atoms with Crippen LogP contribution < -0.4 is 10.1 Å². The zero-order valence-electron chi connectivity index (χ0n) is 22.8. The summed E-state index contributed by atoms with van der Waals surface area (Å²) in [5.41, 5.74) is 4.34. The molecule has 3 aromatic carbocycles. The third-order valence-corrected chi connectivity index (χ3v) is 7.55. The molecule has 0 saturated heterocycles. The van der Waals surface area contributed by atoms with Gasteiger partial charge in [0.05, 0.1) is 30.3 Å².